The molecule has 0 amide bonds. The normalized spacial score (nSPS) is 20.1. The van der Waals surface area contributed by atoms with Gasteiger partial charge >= 0.3 is 0 Å². The van der Waals surface area contributed by atoms with Crippen LogP contribution in [0.4, 0.5) is 0 Å². The molecule has 1 aromatic rings. The topological polar surface area (TPSA) is 79.4 Å². The zero-order valence-electron chi connectivity index (χ0n) is 13.0. The molecule has 0 spiro atoms. The Labute approximate surface area is 130 Å². The van der Waals surface area contributed by atoms with Gasteiger partial charge in [0.2, 0.25) is 5.16 Å². The summed E-state index contributed by atoms with van der Waals surface area (Å²) < 4.78 is 1.98. The molecule has 7 heteroatoms. The minimum absolute atomic E-state index is 0.278. The fourth-order valence-corrected chi connectivity index (χ4v) is 4.14. The van der Waals surface area contributed by atoms with Gasteiger partial charge in [0.05, 0.1) is 12.1 Å². The van der Waals surface area contributed by atoms with E-state index in [1.165, 1.54) is 25.7 Å². The van der Waals surface area contributed by atoms with Crippen molar-refractivity contribution in [3.63, 3.8) is 0 Å². The predicted molar refractivity (Wildman–Crippen MR) is 83.0 cm³/mol. The maximum absolute atomic E-state index is 9.35. The minimum Gasteiger partial charge on any atom is -0.300 e. The number of nitrogens with one attached hydrogen (secondary N) is 1. The fraction of sp³-hybridized carbons (Fsp3) is 0.857. The smallest absolute Gasteiger partial charge is 0.209 e. The molecule has 2 rings (SSSR count). The van der Waals surface area contributed by atoms with Crippen molar-refractivity contribution in [1.29, 1.82) is 5.26 Å². The first-order valence-electron chi connectivity index (χ1n) is 7.69. The van der Waals surface area contributed by atoms with E-state index in [2.05, 4.69) is 33.8 Å². The van der Waals surface area contributed by atoms with Crippen molar-refractivity contribution < 1.29 is 0 Å². The number of nitrogens with zero attached hydrogens (tertiary/aromatic N) is 5. The molecule has 116 valence electrons. The second-order valence-electron chi connectivity index (χ2n) is 5.95. The number of rotatable bonds is 7. The van der Waals surface area contributed by atoms with E-state index in [0.29, 0.717) is 6.04 Å². The van der Waals surface area contributed by atoms with Gasteiger partial charge in [0.25, 0.3) is 0 Å². The molecule has 21 heavy (non-hydrogen) atoms. The predicted octanol–water partition coefficient (Wildman–Crippen LogP) is 2.55. The Morgan fingerprint density at radius 2 is 2.24 bits per heavy atom. The van der Waals surface area contributed by atoms with Crippen molar-refractivity contribution in [2.24, 2.45) is 0 Å². The van der Waals surface area contributed by atoms with E-state index < -0.39 is 5.54 Å². The van der Waals surface area contributed by atoms with Crippen LogP contribution < -0.4 is 5.32 Å². The van der Waals surface area contributed by atoms with Crippen molar-refractivity contribution in [3.05, 3.63) is 0 Å². The first-order chi connectivity index (χ1) is 10.1. The maximum Gasteiger partial charge on any atom is 0.209 e. The Morgan fingerprint density at radius 1 is 1.52 bits per heavy atom. The number of hydrogen-bond donors (Lipinski definition) is 1. The van der Waals surface area contributed by atoms with Gasteiger partial charge in [-0.15, -0.1) is 5.10 Å². The van der Waals surface area contributed by atoms with E-state index in [1.807, 2.05) is 18.5 Å². The lowest BCUT2D eigenvalue weighted by Crippen LogP contribution is -2.42. The second-order valence-corrected chi connectivity index (χ2v) is 7.36. The van der Waals surface area contributed by atoms with E-state index in [0.717, 1.165) is 18.1 Å². The standard InChI is InChI=1S/C14H24N6S/c1-4-16-14(3,10-15)9-11(2)21-13-17-18-19-20(13)12-7-5-6-8-12/h11-12,16H,4-9H2,1-3H3. The molecule has 1 heterocycles. The van der Waals surface area contributed by atoms with Gasteiger partial charge in [0, 0.05) is 5.25 Å². The summed E-state index contributed by atoms with van der Waals surface area (Å²) in [7, 11) is 0. The quantitative estimate of drug-likeness (QED) is 0.780. The van der Waals surface area contributed by atoms with Crippen molar-refractivity contribution in [2.45, 2.75) is 74.9 Å². The van der Waals surface area contributed by atoms with Gasteiger partial charge < -0.3 is 0 Å². The fourth-order valence-electron chi connectivity index (χ4n) is 2.99. The Bertz CT molecular complexity index is 490. The number of thioether (sulfide) groups is 1. The Balaban J connectivity index is 1.98. The summed E-state index contributed by atoms with van der Waals surface area (Å²) in [6, 6.07) is 2.83. The molecular weight excluding hydrogens is 284 g/mol. The van der Waals surface area contributed by atoms with Crippen molar-refractivity contribution in [3.8, 4) is 6.07 Å². The maximum atomic E-state index is 9.35. The van der Waals surface area contributed by atoms with E-state index >= 15 is 0 Å². The molecule has 1 aromatic heterocycles. The summed E-state index contributed by atoms with van der Waals surface area (Å²) in [4.78, 5) is 0. The van der Waals surface area contributed by atoms with Gasteiger partial charge in [0.15, 0.2) is 0 Å². The number of aromatic nitrogens is 4. The molecule has 2 atom stereocenters. The summed E-state index contributed by atoms with van der Waals surface area (Å²) in [5.74, 6) is 0. The van der Waals surface area contributed by atoms with Crippen molar-refractivity contribution >= 4 is 11.8 Å². The molecule has 0 radical (unpaired) electrons. The average molecular weight is 308 g/mol. The molecule has 1 N–H and O–H groups in total. The highest BCUT2D eigenvalue weighted by molar-refractivity contribution is 7.99. The molecule has 1 saturated carbocycles. The first kappa shape index (κ1) is 16.2. The van der Waals surface area contributed by atoms with E-state index in [1.54, 1.807) is 11.8 Å². The third-order valence-electron chi connectivity index (χ3n) is 3.95. The Morgan fingerprint density at radius 3 is 2.86 bits per heavy atom. The molecule has 1 aliphatic carbocycles. The minimum atomic E-state index is -0.493. The van der Waals surface area contributed by atoms with Gasteiger partial charge in [-0.05, 0) is 43.2 Å². The Kier molecular flexibility index (Phi) is 5.59. The van der Waals surface area contributed by atoms with Gasteiger partial charge in [-0.1, -0.05) is 38.5 Å². The third kappa shape index (κ3) is 4.17. The molecule has 2 unspecified atom stereocenters. The zero-order chi connectivity index (χ0) is 15.3. The van der Waals surface area contributed by atoms with Crippen LogP contribution in [0.5, 0.6) is 0 Å². The van der Waals surface area contributed by atoms with Gasteiger partial charge in [0.1, 0.15) is 5.54 Å². The summed E-state index contributed by atoms with van der Waals surface area (Å²) in [6.07, 6.45) is 5.62. The molecule has 0 bridgehead atoms. The molecular formula is C14H24N6S. The number of tetrazole rings is 1. The van der Waals surface area contributed by atoms with E-state index in [9.17, 15) is 5.26 Å². The summed E-state index contributed by atoms with van der Waals surface area (Å²) in [6.45, 7) is 6.90. The van der Waals surface area contributed by atoms with Crippen molar-refractivity contribution in [2.75, 3.05) is 6.54 Å². The SMILES string of the molecule is CCNC(C)(C#N)CC(C)Sc1nnnn1C1CCCC1. The lowest BCUT2D eigenvalue weighted by Gasteiger charge is -2.25. The van der Waals surface area contributed by atoms with Crippen LogP contribution in [-0.2, 0) is 0 Å². The second kappa shape index (κ2) is 7.23. The van der Waals surface area contributed by atoms with Crippen LogP contribution in [0.25, 0.3) is 0 Å². The molecule has 0 saturated heterocycles. The van der Waals surface area contributed by atoms with Gasteiger partial charge in [-0.3, -0.25) is 5.32 Å². The van der Waals surface area contributed by atoms with Gasteiger partial charge in [-0.2, -0.15) is 5.26 Å². The lowest BCUT2D eigenvalue weighted by atomic mass is 9.98. The monoisotopic (exact) mass is 308 g/mol. The van der Waals surface area contributed by atoms with Crippen LogP contribution in [0, 0.1) is 11.3 Å². The van der Waals surface area contributed by atoms with Crippen LogP contribution in [0.15, 0.2) is 5.16 Å². The average Bonchev–Trinajstić information content (AvgIpc) is 3.09. The van der Waals surface area contributed by atoms with Crippen LogP contribution in [-0.4, -0.2) is 37.5 Å². The highest BCUT2D eigenvalue weighted by atomic mass is 32.2. The highest BCUT2D eigenvalue weighted by Crippen LogP contribution is 2.33. The molecule has 0 aromatic carbocycles. The third-order valence-corrected chi connectivity index (χ3v) is 5.00. The van der Waals surface area contributed by atoms with E-state index in [-0.39, 0.29) is 5.25 Å². The number of nitriles is 1. The molecule has 1 aliphatic rings. The van der Waals surface area contributed by atoms with E-state index in [4.69, 9.17) is 0 Å². The van der Waals surface area contributed by atoms with Crippen LogP contribution in [0.2, 0.25) is 0 Å². The zero-order valence-corrected chi connectivity index (χ0v) is 13.9. The lowest BCUT2D eigenvalue weighted by molar-refractivity contribution is 0.418. The van der Waals surface area contributed by atoms with Crippen LogP contribution in [0.1, 0.15) is 58.9 Å². The Hall–Kier alpha value is -1.13. The first-order valence-corrected chi connectivity index (χ1v) is 8.56. The largest absolute Gasteiger partial charge is 0.300 e. The highest BCUT2D eigenvalue weighted by Gasteiger charge is 2.28. The van der Waals surface area contributed by atoms with Crippen LogP contribution in [0.3, 0.4) is 0 Å². The molecule has 0 aliphatic heterocycles. The van der Waals surface area contributed by atoms with Gasteiger partial charge in [-0.25, -0.2) is 4.68 Å². The summed E-state index contributed by atoms with van der Waals surface area (Å²) in [5, 5.41) is 25.9. The van der Waals surface area contributed by atoms with Crippen LogP contribution >= 0.6 is 11.8 Å². The molecule has 6 nitrogen and oxygen atoms in total. The summed E-state index contributed by atoms with van der Waals surface area (Å²) >= 11 is 1.67. The molecule has 1 fully saturated rings. The number of hydrogen-bond acceptors (Lipinski definition) is 6. The summed E-state index contributed by atoms with van der Waals surface area (Å²) in [5.41, 5.74) is -0.493. The van der Waals surface area contributed by atoms with Crippen molar-refractivity contribution in [1.82, 2.24) is 25.5 Å².